The zero-order valence-electron chi connectivity index (χ0n) is 21.8. The predicted molar refractivity (Wildman–Crippen MR) is 141 cm³/mol. The van der Waals surface area contributed by atoms with Gasteiger partial charge in [-0.1, -0.05) is 19.9 Å². The molecular formula is C27H36N4O4S. The van der Waals surface area contributed by atoms with Gasteiger partial charge in [0.05, 0.1) is 37.5 Å². The molecule has 2 aromatic rings. The minimum atomic E-state index is -0.732. The van der Waals surface area contributed by atoms with Crippen molar-refractivity contribution in [2.24, 2.45) is 0 Å². The Kier molecular flexibility index (Phi) is 7.80. The number of hydrogen-bond acceptors (Lipinski definition) is 8. The Morgan fingerprint density at radius 1 is 1.33 bits per heavy atom. The van der Waals surface area contributed by atoms with Crippen LogP contribution in [0.2, 0.25) is 0 Å². The molecule has 194 valence electrons. The normalized spacial score (nSPS) is 19.2. The predicted octanol–water partition coefficient (Wildman–Crippen LogP) is 3.94. The molecule has 1 amide bonds. The third kappa shape index (κ3) is 5.32. The highest BCUT2D eigenvalue weighted by atomic mass is 32.1. The van der Waals surface area contributed by atoms with E-state index in [2.05, 4.69) is 27.7 Å². The number of nitrogens with zero attached hydrogens (tertiary/aromatic N) is 3. The summed E-state index contributed by atoms with van der Waals surface area (Å²) in [5.41, 5.74) is 3.56. The van der Waals surface area contributed by atoms with Crippen LogP contribution in [0.1, 0.15) is 67.8 Å². The summed E-state index contributed by atoms with van der Waals surface area (Å²) >= 11 is 1.54. The fourth-order valence-electron chi connectivity index (χ4n) is 5.05. The molecule has 0 bridgehead atoms. The highest BCUT2D eigenvalue weighted by molar-refractivity contribution is 7.10. The summed E-state index contributed by atoms with van der Waals surface area (Å²) < 4.78 is 11.5. The van der Waals surface area contributed by atoms with Gasteiger partial charge in [-0.2, -0.15) is 0 Å². The second-order valence-electron chi connectivity index (χ2n) is 10.3. The molecule has 2 aromatic heterocycles. The Morgan fingerprint density at radius 3 is 2.75 bits per heavy atom. The van der Waals surface area contributed by atoms with Gasteiger partial charge in [-0.25, -0.2) is 9.78 Å². The van der Waals surface area contributed by atoms with E-state index in [0.29, 0.717) is 31.9 Å². The average Bonchev–Trinajstić information content (AvgIpc) is 3.35. The lowest BCUT2D eigenvalue weighted by Crippen LogP contribution is -2.59. The van der Waals surface area contributed by atoms with Gasteiger partial charge in [0, 0.05) is 41.7 Å². The van der Waals surface area contributed by atoms with E-state index >= 15 is 0 Å². The SMILES string of the molecule is CCOC(=O)C1CN(c2nc(C(C)C)c3c(c2C=N)CC(C)(C)OC3)CCN1C(=O)Cc1cccs1. The highest BCUT2D eigenvalue weighted by Crippen LogP contribution is 2.37. The van der Waals surface area contributed by atoms with Crippen LogP contribution in [0.15, 0.2) is 17.5 Å². The Balaban J connectivity index is 1.70. The Bertz CT molecular complexity index is 1130. The van der Waals surface area contributed by atoms with Crippen LogP contribution in [0.3, 0.4) is 0 Å². The standard InChI is InChI=1S/C27H36N4O4S/c1-6-34-26(33)22-15-30(9-10-31(22)23(32)12-18-8-7-11-36-18)25-20(14-28)19-13-27(4,5)35-16-21(19)24(29-25)17(2)3/h7-8,11,14,17,22,28H,6,9-10,12-13,15-16H2,1-5H3. The third-order valence-electron chi connectivity index (χ3n) is 6.83. The summed E-state index contributed by atoms with van der Waals surface area (Å²) in [7, 11) is 0. The Morgan fingerprint density at radius 2 is 2.11 bits per heavy atom. The number of amides is 1. The molecule has 0 aliphatic carbocycles. The fourth-order valence-corrected chi connectivity index (χ4v) is 5.75. The number of thiophene rings is 1. The van der Waals surface area contributed by atoms with E-state index in [4.69, 9.17) is 19.9 Å². The van der Waals surface area contributed by atoms with Crippen molar-refractivity contribution < 1.29 is 19.1 Å². The molecule has 4 heterocycles. The second kappa shape index (κ2) is 10.7. The minimum absolute atomic E-state index is 0.0809. The van der Waals surface area contributed by atoms with E-state index < -0.39 is 12.0 Å². The van der Waals surface area contributed by atoms with Gasteiger partial charge in [0.2, 0.25) is 5.91 Å². The highest BCUT2D eigenvalue weighted by Gasteiger charge is 2.39. The smallest absolute Gasteiger partial charge is 0.330 e. The fraction of sp³-hybridized carbons (Fsp3) is 0.556. The van der Waals surface area contributed by atoms with Crippen LogP contribution in [-0.2, 0) is 38.5 Å². The number of hydrogen-bond donors (Lipinski definition) is 1. The summed E-state index contributed by atoms with van der Waals surface area (Å²) in [5, 5.41) is 10.2. The summed E-state index contributed by atoms with van der Waals surface area (Å²) in [6, 6.07) is 3.13. The van der Waals surface area contributed by atoms with Gasteiger partial charge in [0.1, 0.15) is 11.9 Å². The number of fused-ring (bicyclic) bond motifs is 1. The molecule has 0 saturated carbocycles. The summed E-state index contributed by atoms with van der Waals surface area (Å²) in [6.07, 6.45) is 2.33. The molecule has 0 radical (unpaired) electrons. The van der Waals surface area contributed by atoms with Gasteiger partial charge in [0.25, 0.3) is 0 Å². The number of ether oxygens (including phenoxy) is 2. The number of esters is 1. The average molecular weight is 513 g/mol. The minimum Gasteiger partial charge on any atom is -0.464 e. The second-order valence-corrected chi connectivity index (χ2v) is 11.3. The number of aromatic nitrogens is 1. The molecule has 1 saturated heterocycles. The number of rotatable bonds is 7. The van der Waals surface area contributed by atoms with E-state index in [1.807, 2.05) is 22.4 Å². The van der Waals surface area contributed by atoms with Crippen molar-refractivity contribution in [3.05, 3.63) is 44.8 Å². The summed E-state index contributed by atoms with van der Waals surface area (Å²) in [6.45, 7) is 12.0. The topological polar surface area (TPSA) is 95.8 Å². The molecule has 1 atom stereocenters. The van der Waals surface area contributed by atoms with Crippen LogP contribution in [0.25, 0.3) is 0 Å². The first-order valence-electron chi connectivity index (χ1n) is 12.6. The third-order valence-corrected chi connectivity index (χ3v) is 7.71. The van der Waals surface area contributed by atoms with Gasteiger partial charge in [-0.15, -0.1) is 11.3 Å². The van der Waals surface area contributed by atoms with E-state index in [0.717, 1.165) is 27.3 Å². The zero-order chi connectivity index (χ0) is 26.0. The van der Waals surface area contributed by atoms with Crippen molar-refractivity contribution >= 4 is 35.2 Å². The van der Waals surface area contributed by atoms with E-state index in [1.54, 1.807) is 11.8 Å². The molecule has 1 N–H and O–H groups in total. The molecule has 2 aliphatic heterocycles. The van der Waals surface area contributed by atoms with Gasteiger partial charge >= 0.3 is 5.97 Å². The lowest BCUT2D eigenvalue weighted by molar-refractivity contribution is -0.155. The number of piperazine rings is 1. The van der Waals surface area contributed by atoms with Gasteiger partial charge in [-0.05, 0) is 43.7 Å². The number of carbonyl (C=O) groups excluding carboxylic acids is 2. The van der Waals surface area contributed by atoms with Crippen LogP contribution in [-0.4, -0.2) is 65.9 Å². The van der Waals surface area contributed by atoms with E-state index in [-0.39, 0.29) is 37.0 Å². The van der Waals surface area contributed by atoms with Gasteiger partial charge in [0.15, 0.2) is 0 Å². The number of carbonyl (C=O) groups is 2. The van der Waals surface area contributed by atoms with Crippen LogP contribution < -0.4 is 4.90 Å². The van der Waals surface area contributed by atoms with Crippen LogP contribution >= 0.6 is 11.3 Å². The largest absolute Gasteiger partial charge is 0.464 e. The van der Waals surface area contributed by atoms with Crippen LogP contribution in [0.4, 0.5) is 5.82 Å². The van der Waals surface area contributed by atoms with Crippen LogP contribution in [0.5, 0.6) is 0 Å². The molecule has 4 rings (SSSR count). The van der Waals surface area contributed by atoms with E-state index in [9.17, 15) is 9.59 Å². The lowest BCUT2D eigenvalue weighted by Gasteiger charge is -2.42. The van der Waals surface area contributed by atoms with Crippen molar-refractivity contribution in [2.75, 3.05) is 31.1 Å². The maximum Gasteiger partial charge on any atom is 0.330 e. The van der Waals surface area contributed by atoms with Crippen molar-refractivity contribution in [1.82, 2.24) is 9.88 Å². The van der Waals surface area contributed by atoms with Crippen molar-refractivity contribution in [1.29, 1.82) is 5.41 Å². The zero-order valence-corrected chi connectivity index (χ0v) is 22.6. The monoisotopic (exact) mass is 512 g/mol. The molecule has 0 spiro atoms. The van der Waals surface area contributed by atoms with Crippen molar-refractivity contribution in [3.8, 4) is 0 Å². The molecule has 1 unspecified atom stereocenters. The molecule has 1 fully saturated rings. The van der Waals surface area contributed by atoms with E-state index in [1.165, 1.54) is 17.6 Å². The Labute approximate surface area is 217 Å². The number of pyridine rings is 1. The maximum absolute atomic E-state index is 13.2. The molecular weight excluding hydrogens is 476 g/mol. The lowest BCUT2D eigenvalue weighted by atomic mass is 9.86. The first kappa shape index (κ1) is 26.3. The van der Waals surface area contributed by atoms with Crippen molar-refractivity contribution in [2.45, 2.75) is 71.6 Å². The quantitative estimate of drug-likeness (QED) is 0.446. The molecule has 8 nitrogen and oxygen atoms in total. The molecule has 0 aromatic carbocycles. The number of nitrogens with one attached hydrogen (secondary N) is 1. The number of anilines is 1. The first-order chi connectivity index (χ1) is 17.1. The van der Waals surface area contributed by atoms with Gasteiger partial charge in [-0.3, -0.25) is 4.79 Å². The summed E-state index contributed by atoms with van der Waals surface area (Å²) in [5.74, 6) is 0.388. The maximum atomic E-state index is 13.2. The van der Waals surface area contributed by atoms with Crippen molar-refractivity contribution in [3.63, 3.8) is 0 Å². The molecule has 36 heavy (non-hydrogen) atoms. The summed E-state index contributed by atoms with van der Waals surface area (Å²) in [4.78, 5) is 35.9. The van der Waals surface area contributed by atoms with Crippen LogP contribution in [0, 0.1) is 5.41 Å². The molecule has 9 heteroatoms. The Hall–Kier alpha value is -2.78. The first-order valence-corrected chi connectivity index (χ1v) is 13.5. The van der Waals surface area contributed by atoms with Gasteiger partial charge < -0.3 is 24.7 Å². The molecule has 2 aliphatic rings.